The van der Waals surface area contributed by atoms with Crippen LogP contribution in [0.1, 0.15) is 30.1 Å². The molecular weight excluding hydrogens is 269 g/mol. The van der Waals surface area contributed by atoms with Gasteiger partial charge in [0.05, 0.1) is 5.56 Å². The van der Waals surface area contributed by atoms with Crippen molar-refractivity contribution in [2.24, 2.45) is 11.8 Å². The Labute approximate surface area is 126 Å². The van der Waals surface area contributed by atoms with Crippen molar-refractivity contribution in [2.75, 3.05) is 33.4 Å². The molecule has 0 aromatic heterocycles. The van der Waals surface area contributed by atoms with Gasteiger partial charge in [0.2, 0.25) is 0 Å². The fourth-order valence-electron chi connectivity index (χ4n) is 2.92. The van der Waals surface area contributed by atoms with Crippen molar-refractivity contribution < 1.29 is 13.9 Å². The minimum atomic E-state index is -0.429. The quantitative estimate of drug-likeness (QED) is 0.755. The summed E-state index contributed by atoms with van der Waals surface area (Å²) >= 11 is 0. The predicted octanol–water partition coefficient (Wildman–Crippen LogP) is 3.00. The van der Waals surface area contributed by atoms with Crippen LogP contribution in [-0.2, 0) is 4.74 Å². The smallest absolute Gasteiger partial charge is 0.169 e. The Morgan fingerprint density at radius 3 is 2.71 bits per heavy atom. The molecular formula is C17H24FNO2. The molecule has 1 heterocycles. The molecule has 1 unspecified atom stereocenters. The zero-order valence-electron chi connectivity index (χ0n) is 12.8. The molecule has 0 N–H and O–H groups in total. The Bertz CT molecular complexity index is 472. The van der Waals surface area contributed by atoms with Gasteiger partial charge in [0, 0.05) is 32.2 Å². The molecule has 1 aliphatic rings. The lowest BCUT2D eigenvalue weighted by Gasteiger charge is -2.28. The van der Waals surface area contributed by atoms with Gasteiger partial charge in [0.1, 0.15) is 5.82 Å². The number of nitrogens with zero attached hydrogens (tertiary/aromatic N) is 1. The maximum absolute atomic E-state index is 13.7. The molecule has 21 heavy (non-hydrogen) atoms. The number of halogens is 1. The van der Waals surface area contributed by atoms with Gasteiger partial charge in [-0.15, -0.1) is 0 Å². The Hall–Kier alpha value is -1.26. The third-order valence-corrected chi connectivity index (χ3v) is 4.08. The lowest BCUT2D eigenvalue weighted by molar-refractivity contribution is 0.0535. The average molecular weight is 293 g/mol. The molecule has 0 aliphatic carbocycles. The number of ether oxygens (including phenoxy) is 1. The second kappa shape index (κ2) is 7.66. The third-order valence-electron chi connectivity index (χ3n) is 4.08. The van der Waals surface area contributed by atoms with E-state index in [0.717, 1.165) is 32.6 Å². The summed E-state index contributed by atoms with van der Waals surface area (Å²) in [6, 6.07) is 6.21. The minimum absolute atomic E-state index is 0.119. The first-order valence-corrected chi connectivity index (χ1v) is 7.63. The van der Waals surface area contributed by atoms with E-state index >= 15 is 0 Å². The summed E-state index contributed by atoms with van der Waals surface area (Å²) < 4.78 is 19.0. The highest BCUT2D eigenvalue weighted by Crippen LogP contribution is 2.18. The van der Waals surface area contributed by atoms with E-state index in [0.29, 0.717) is 12.5 Å². The van der Waals surface area contributed by atoms with Crippen LogP contribution in [0.5, 0.6) is 0 Å². The van der Waals surface area contributed by atoms with Crippen LogP contribution < -0.4 is 0 Å². The number of rotatable bonds is 6. The first kappa shape index (κ1) is 16.1. The molecule has 1 saturated heterocycles. The number of hydrogen-bond donors (Lipinski definition) is 0. The molecule has 1 fully saturated rings. The Morgan fingerprint density at radius 2 is 2.05 bits per heavy atom. The van der Waals surface area contributed by atoms with E-state index in [4.69, 9.17) is 4.74 Å². The van der Waals surface area contributed by atoms with Crippen molar-refractivity contribution in [1.82, 2.24) is 4.90 Å². The number of hydrogen-bond acceptors (Lipinski definition) is 3. The van der Waals surface area contributed by atoms with Crippen molar-refractivity contribution in [1.29, 1.82) is 0 Å². The molecule has 0 bridgehead atoms. The van der Waals surface area contributed by atoms with Crippen LogP contribution in [-0.4, -0.2) is 44.0 Å². The summed E-state index contributed by atoms with van der Waals surface area (Å²) in [6.07, 6.45) is 2.17. The van der Waals surface area contributed by atoms with Gasteiger partial charge in [-0.2, -0.15) is 0 Å². The molecule has 1 aromatic carbocycles. The van der Waals surface area contributed by atoms with E-state index in [1.54, 1.807) is 18.2 Å². The molecule has 4 heteroatoms. The summed E-state index contributed by atoms with van der Waals surface area (Å²) in [7, 11) is 2.03. The van der Waals surface area contributed by atoms with Crippen LogP contribution in [0, 0.1) is 17.7 Å². The molecule has 0 spiro atoms. The predicted molar refractivity (Wildman–Crippen MR) is 80.9 cm³/mol. The van der Waals surface area contributed by atoms with Gasteiger partial charge >= 0.3 is 0 Å². The van der Waals surface area contributed by atoms with E-state index in [1.165, 1.54) is 6.07 Å². The van der Waals surface area contributed by atoms with E-state index in [9.17, 15) is 9.18 Å². The fraction of sp³-hybridized carbons (Fsp3) is 0.588. The van der Waals surface area contributed by atoms with Gasteiger partial charge < -0.3 is 9.64 Å². The van der Waals surface area contributed by atoms with Crippen LogP contribution in [0.4, 0.5) is 4.39 Å². The van der Waals surface area contributed by atoms with Crippen LogP contribution in [0.3, 0.4) is 0 Å². The van der Waals surface area contributed by atoms with Crippen molar-refractivity contribution in [3.05, 3.63) is 35.6 Å². The fourth-order valence-corrected chi connectivity index (χ4v) is 2.92. The van der Waals surface area contributed by atoms with E-state index in [2.05, 4.69) is 4.90 Å². The van der Waals surface area contributed by atoms with E-state index in [1.807, 2.05) is 14.0 Å². The number of carbonyl (C=O) groups excluding carboxylic acids is 1. The second-order valence-electron chi connectivity index (χ2n) is 6.02. The summed E-state index contributed by atoms with van der Waals surface area (Å²) in [4.78, 5) is 14.5. The number of benzene rings is 1. The van der Waals surface area contributed by atoms with Crippen LogP contribution in [0.15, 0.2) is 24.3 Å². The first-order valence-electron chi connectivity index (χ1n) is 7.63. The number of ketones is 1. The molecule has 116 valence electrons. The van der Waals surface area contributed by atoms with E-state index in [-0.39, 0.29) is 17.3 Å². The Kier molecular flexibility index (Phi) is 5.88. The van der Waals surface area contributed by atoms with Gasteiger partial charge in [-0.05, 0) is 37.9 Å². The minimum Gasteiger partial charge on any atom is -0.381 e. The highest BCUT2D eigenvalue weighted by Gasteiger charge is 2.22. The average Bonchev–Trinajstić information content (AvgIpc) is 2.48. The monoisotopic (exact) mass is 293 g/mol. The Morgan fingerprint density at radius 1 is 1.38 bits per heavy atom. The molecule has 0 radical (unpaired) electrons. The van der Waals surface area contributed by atoms with Crippen LogP contribution >= 0.6 is 0 Å². The van der Waals surface area contributed by atoms with Crippen molar-refractivity contribution in [3.8, 4) is 0 Å². The topological polar surface area (TPSA) is 29.5 Å². The highest BCUT2D eigenvalue weighted by molar-refractivity contribution is 5.98. The largest absolute Gasteiger partial charge is 0.381 e. The first-order chi connectivity index (χ1) is 10.1. The molecule has 3 nitrogen and oxygen atoms in total. The second-order valence-corrected chi connectivity index (χ2v) is 6.02. The number of Topliss-reactive ketones (excluding diaryl/α,β-unsaturated/α-hetero) is 1. The van der Waals surface area contributed by atoms with Gasteiger partial charge in [-0.3, -0.25) is 4.79 Å². The normalized spacial score (nSPS) is 17.9. The maximum atomic E-state index is 13.7. The summed E-state index contributed by atoms with van der Waals surface area (Å²) in [5.41, 5.74) is 0.199. The SMILES string of the molecule is CC(CN(C)CC1CCOCC1)C(=O)c1ccccc1F. The number of carbonyl (C=O) groups is 1. The van der Waals surface area contributed by atoms with Crippen molar-refractivity contribution >= 4 is 5.78 Å². The zero-order valence-corrected chi connectivity index (χ0v) is 12.8. The van der Waals surface area contributed by atoms with Gasteiger partial charge in [-0.25, -0.2) is 4.39 Å². The van der Waals surface area contributed by atoms with Gasteiger partial charge in [-0.1, -0.05) is 19.1 Å². The molecule has 1 aliphatic heterocycles. The molecule has 2 rings (SSSR count). The molecule has 0 amide bonds. The van der Waals surface area contributed by atoms with Gasteiger partial charge in [0.15, 0.2) is 5.78 Å². The standard InChI is InChI=1S/C17H24FNO2/c1-13(17(20)15-5-3-4-6-16(15)18)11-19(2)12-14-7-9-21-10-8-14/h3-6,13-14H,7-12H2,1-2H3. The lowest BCUT2D eigenvalue weighted by Crippen LogP contribution is -2.34. The summed E-state index contributed by atoms with van der Waals surface area (Å²) in [5.74, 6) is -0.111. The van der Waals surface area contributed by atoms with Crippen molar-refractivity contribution in [2.45, 2.75) is 19.8 Å². The maximum Gasteiger partial charge on any atom is 0.169 e. The third kappa shape index (κ3) is 4.61. The van der Waals surface area contributed by atoms with Gasteiger partial charge in [0.25, 0.3) is 0 Å². The van der Waals surface area contributed by atoms with E-state index < -0.39 is 5.82 Å². The molecule has 0 saturated carbocycles. The van der Waals surface area contributed by atoms with Crippen LogP contribution in [0.2, 0.25) is 0 Å². The Balaban J connectivity index is 1.86. The zero-order chi connectivity index (χ0) is 15.2. The highest BCUT2D eigenvalue weighted by atomic mass is 19.1. The molecule has 1 aromatic rings. The van der Waals surface area contributed by atoms with Crippen molar-refractivity contribution in [3.63, 3.8) is 0 Å². The summed E-state index contributed by atoms with van der Waals surface area (Å²) in [5, 5.41) is 0. The molecule has 1 atom stereocenters. The van der Waals surface area contributed by atoms with Crippen LogP contribution in [0.25, 0.3) is 0 Å². The summed E-state index contributed by atoms with van der Waals surface area (Å²) in [6.45, 7) is 5.17. The lowest BCUT2D eigenvalue weighted by atomic mass is 9.96.